The lowest BCUT2D eigenvalue weighted by Crippen LogP contribution is -2.46. The van der Waals surface area contributed by atoms with Gasteiger partial charge in [-0.3, -0.25) is 4.90 Å². The molecule has 3 aromatic carbocycles. The van der Waals surface area contributed by atoms with Crippen molar-refractivity contribution in [2.45, 2.75) is 31.8 Å². The number of hydrogen-bond acceptors (Lipinski definition) is 8. The maximum absolute atomic E-state index is 12.7. The van der Waals surface area contributed by atoms with Crippen LogP contribution >= 0.6 is 23.2 Å². The molecule has 2 amide bonds. The normalized spacial score (nSPS) is 21.4. The largest absolute Gasteiger partial charge is 0.491 e. The first-order valence-electron chi connectivity index (χ1n) is 16.4. The Kier molecular flexibility index (Phi) is 9.63. The minimum atomic E-state index is -1.15. The summed E-state index contributed by atoms with van der Waals surface area (Å²) < 4.78 is 20.5. The molecule has 0 bridgehead atoms. The van der Waals surface area contributed by atoms with E-state index in [1.54, 1.807) is 23.1 Å². The van der Waals surface area contributed by atoms with Crippen LogP contribution in [0.25, 0.3) is 0 Å². The highest BCUT2D eigenvalue weighted by Gasteiger charge is 2.45. The second-order valence-electron chi connectivity index (χ2n) is 12.2. The first-order chi connectivity index (χ1) is 23.4. The van der Waals surface area contributed by atoms with E-state index in [4.69, 9.17) is 37.4 Å². The maximum atomic E-state index is 12.7. The van der Waals surface area contributed by atoms with E-state index >= 15 is 0 Å². The number of aromatic nitrogens is 3. The minimum absolute atomic E-state index is 0.108. The van der Waals surface area contributed by atoms with Crippen LogP contribution in [0.5, 0.6) is 5.75 Å². The fourth-order valence-electron chi connectivity index (χ4n) is 6.59. The lowest BCUT2D eigenvalue weighted by atomic mass is 10.1. The number of ether oxygens (including phenoxy) is 3. The molecule has 0 radical (unpaired) electrons. The number of amides is 2. The number of urea groups is 1. The highest BCUT2D eigenvalue weighted by atomic mass is 35.5. The van der Waals surface area contributed by atoms with Crippen molar-refractivity contribution < 1.29 is 19.0 Å². The number of rotatable bonds is 11. The van der Waals surface area contributed by atoms with Crippen LogP contribution in [0, 0.1) is 0 Å². The van der Waals surface area contributed by atoms with Crippen molar-refractivity contribution >= 4 is 46.3 Å². The Morgan fingerprint density at radius 3 is 2.23 bits per heavy atom. The predicted octanol–water partition coefficient (Wildman–Crippen LogP) is 5.91. The van der Waals surface area contributed by atoms with Crippen LogP contribution in [0.4, 0.5) is 21.9 Å². The lowest BCUT2D eigenvalue weighted by molar-refractivity contribution is -0.190. The number of halogens is 2. The Labute approximate surface area is 290 Å². The summed E-state index contributed by atoms with van der Waals surface area (Å²) in [6, 6.07) is 22.0. The molecular formula is C35H39Cl2N7O4. The zero-order valence-corrected chi connectivity index (χ0v) is 28.4. The van der Waals surface area contributed by atoms with Gasteiger partial charge in [0.2, 0.25) is 5.79 Å². The van der Waals surface area contributed by atoms with Crippen LogP contribution < -0.4 is 19.4 Å². The number of benzene rings is 3. The quantitative estimate of drug-likeness (QED) is 0.192. The molecule has 11 nitrogen and oxygen atoms in total. The second kappa shape index (κ2) is 14.2. The Bertz CT molecular complexity index is 1680. The van der Waals surface area contributed by atoms with E-state index < -0.39 is 5.79 Å². The molecular weight excluding hydrogens is 653 g/mol. The summed E-state index contributed by atoms with van der Waals surface area (Å²) >= 11 is 12.7. The Morgan fingerprint density at radius 1 is 0.896 bits per heavy atom. The third kappa shape index (κ3) is 6.91. The van der Waals surface area contributed by atoms with Gasteiger partial charge < -0.3 is 28.9 Å². The van der Waals surface area contributed by atoms with Gasteiger partial charge >= 0.3 is 6.03 Å². The summed E-state index contributed by atoms with van der Waals surface area (Å²) in [5, 5.41) is 5.22. The summed E-state index contributed by atoms with van der Waals surface area (Å²) in [5.41, 5.74) is 3.98. The van der Waals surface area contributed by atoms with Crippen molar-refractivity contribution in [3.05, 3.63) is 95.0 Å². The Balaban J connectivity index is 0.911. The average Bonchev–Trinajstić information content (AvgIpc) is 3.86. The van der Waals surface area contributed by atoms with Crippen molar-refractivity contribution in [1.29, 1.82) is 0 Å². The van der Waals surface area contributed by atoms with E-state index in [-0.39, 0.29) is 18.7 Å². The molecule has 13 heteroatoms. The van der Waals surface area contributed by atoms with Gasteiger partial charge in [0, 0.05) is 73.5 Å². The van der Waals surface area contributed by atoms with E-state index in [2.05, 4.69) is 63.2 Å². The molecule has 0 unspecified atom stereocenters. The zero-order valence-electron chi connectivity index (χ0n) is 26.9. The smallest absolute Gasteiger partial charge is 0.324 e. The number of hydrogen-bond donors (Lipinski definition) is 0. The van der Waals surface area contributed by atoms with Gasteiger partial charge in [-0.25, -0.2) is 14.5 Å². The van der Waals surface area contributed by atoms with Gasteiger partial charge in [-0.05, 0) is 67.1 Å². The fraction of sp³-hybridized carbons (Fsp3) is 0.400. The van der Waals surface area contributed by atoms with E-state index in [9.17, 15) is 4.79 Å². The second-order valence-corrected chi connectivity index (χ2v) is 13.1. The highest BCUT2D eigenvalue weighted by Crippen LogP contribution is 2.40. The molecule has 3 aliphatic heterocycles. The first-order valence-corrected chi connectivity index (χ1v) is 17.2. The molecule has 4 aromatic rings. The van der Waals surface area contributed by atoms with Gasteiger partial charge in [0.05, 0.1) is 11.6 Å². The van der Waals surface area contributed by atoms with Crippen LogP contribution in [-0.4, -0.2) is 90.8 Å². The Hall–Kier alpha value is -4.03. The van der Waals surface area contributed by atoms with Gasteiger partial charge in [-0.1, -0.05) is 36.2 Å². The third-order valence-corrected chi connectivity index (χ3v) is 9.62. The number of carbonyl (C=O) groups excluding carboxylic acids is 1. The predicted molar refractivity (Wildman–Crippen MR) is 186 cm³/mol. The minimum Gasteiger partial charge on any atom is -0.491 e. The first kappa shape index (κ1) is 32.5. The molecule has 0 saturated carbocycles. The Morgan fingerprint density at radius 2 is 1.58 bits per heavy atom. The van der Waals surface area contributed by atoms with Gasteiger partial charge in [0.25, 0.3) is 0 Å². The summed E-state index contributed by atoms with van der Waals surface area (Å²) in [6.07, 6.45) is 3.73. The van der Waals surface area contributed by atoms with Crippen molar-refractivity contribution in [3.63, 3.8) is 0 Å². The fourth-order valence-corrected chi connectivity index (χ4v) is 7.14. The number of nitrogens with zero attached hydrogens (tertiary/aromatic N) is 7. The molecule has 252 valence electrons. The molecule has 48 heavy (non-hydrogen) atoms. The summed E-state index contributed by atoms with van der Waals surface area (Å²) in [4.78, 5) is 25.4. The van der Waals surface area contributed by atoms with Gasteiger partial charge in [0.1, 0.15) is 37.7 Å². The van der Waals surface area contributed by atoms with Crippen LogP contribution in [-0.2, 0) is 21.8 Å². The zero-order chi connectivity index (χ0) is 33.1. The molecule has 0 spiro atoms. The standard InChI is InChI=1S/C35H39Cl2N7O4/c1-2-13-42-18-19-44(34(42)45)29-6-4-27(5-7-29)40-14-16-41(17-15-40)28-8-10-30(11-9-28)46-21-31-22-47-35(48-31,23-43-25-38-24-39-43)32-12-3-26(36)20-33(32)37/h3-12,20,24-25,31H,2,13-19,21-23H2,1H3/t31-,35-/m1/s1. The monoisotopic (exact) mass is 691 g/mol. The van der Waals surface area contributed by atoms with E-state index in [1.165, 1.54) is 12.0 Å². The lowest BCUT2D eigenvalue weighted by Gasteiger charge is -2.37. The van der Waals surface area contributed by atoms with Gasteiger partial charge in [0.15, 0.2) is 0 Å². The SMILES string of the molecule is CCCN1CCN(c2ccc(N3CCN(c4ccc(OC[C@@H]5CO[C@@](Cn6cncn6)(c6ccc(Cl)cc6Cl)O5)cc4)CC3)cc2)C1=O. The summed E-state index contributed by atoms with van der Waals surface area (Å²) in [5.74, 6) is -0.394. The molecule has 3 saturated heterocycles. The van der Waals surface area contributed by atoms with Gasteiger partial charge in [-0.15, -0.1) is 0 Å². The number of piperazine rings is 1. The van der Waals surface area contributed by atoms with E-state index in [0.29, 0.717) is 28.8 Å². The van der Waals surface area contributed by atoms with Crippen LogP contribution in [0.3, 0.4) is 0 Å². The third-order valence-electron chi connectivity index (χ3n) is 9.07. The van der Waals surface area contributed by atoms with Crippen molar-refractivity contribution in [2.24, 2.45) is 0 Å². The van der Waals surface area contributed by atoms with Crippen LogP contribution in [0.1, 0.15) is 18.9 Å². The number of anilines is 3. The van der Waals surface area contributed by atoms with E-state index in [1.807, 2.05) is 28.0 Å². The molecule has 2 atom stereocenters. The van der Waals surface area contributed by atoms with Crippen LogP contribution in [0.2, 0.25) is 10.0 Å². The topological polar surface area (TPSA) is 88.4 Å². The van der Waals surface area contributed by atoms with Crippen molar-refractivity contribution in [1.82, 2.24) is 19.7 Å². The van der Waals surface area contributed by atoms with Crippen molar-refractivity contribution in [3.8, 4) is 5.75 Å². The summed E-state index contributed by atoms with van der Waals surface area (Å²) in [7, 11) is 0. The molecule has 1 aromatic heterocycles. The molecule has 3 fully saturated rings. The van der Waals surface area contributed by atoms with Gasteiger partial charge in [-0.2, -0.15) is 5.10 Å². The highest BCUT2D eigenvalue weighted by molar-refractivity contribution is 6.35. The molecule has 4 heterocycles. The molecule has 3 aliphatic rings. The molecule has 7 rings (SSSR count). The van der Waals surface area contributed by atoms with E-state index in [0.717, 1.165) is 69.4 Å². The maximum Gasteiger partial charge on any atom is 0.324 e. The van der Waals surface area contributed by atoms with Crippen molar-refractivity contribution in [2.75, 3.05) is 73.7 Å². The number of carbonyl (C=O) groups is 1. The van der Waals surface area contributed by atoms with Crippen LogP contribution in [0.15, 0.2) is 79.4 Å². The molecule has 0 aliphatic carbocycles. The summed E-state index contributed by atoms with van der Waals surface area (Å²) in [6.45, 7) is 9.01. The average molecular weight is 693 g/mol. The molecule has 0 N–H and O–H groups in total.